The normalized spacial score (nSPS) is 13.1. The molecule has 5 nitrogen and oxygen atoms in total. The van der Waals surface area contributed by atoms with Gasteiger partial charge in [-0.05, 0) is 23.6 Å². The number of nitrogens with two attached hydrogens (primary N) is 1. The average molecular weight is 316 g/mol. The first-order valence-electron chi connectivity index (χ1n) is 6.21. The SMILES string of the molecule is COCC(C)CNS(=O)(=O)c1ccc(CC(N)=S)cc1. The van der Waals surface area contributed by atoms with Gasteiger partial charge in [0.1, 0.15) is 0 Å². The Hall–Kier alpha value is -1.02. The van der Waals surface area contributed by atoms with Crippen LogP contribution in [0.2, 0.25) is 0 Å². The number of hydrogen-bond acceptors (Lipinski definition) is 4. The van der Waals surface area contributed by atoms with Crippen LogP contribution in [0.5, 0.6) is 0 Å². The predicted molar refractivity (Wildman–Crippen MR) is 83.2 cm³/mol. The van der Waals surface area contributed by atoms with Crippen LogP contribution in [-0.2, 0) is 21.2 Å². The summed E-state index contributed by atoms with van der Waals surface area (Å²) in [7, 11) is -1.90. The average Bonchev–Trinajstić information content (AvgIpc) is 2.37. The fourth-order valence-corrected chi connectivity index (χ4v) is 3.00. The fourth-order valence-electron chi connectivity index (χ4n) is 1.67. The van der Waals surface area contributed by atoms with Gasteiger partial charge in [-0.15, -0.1) is 0 Å². The molecule has 1 aromatic carbocycles. The maximum absolute atomic E-state index is 12.1. The molecule has 0 bridgehead atoms. The number of rotatable bonds is 8. The molecule has 0 amide bonds. The van der Waals surface area contributed by atoms with Gasteiger partial charge in [0.05, 0.1) is 9.88 Å². The Bertz CT molecular complexity index is 541. The standard InChI is InChI=1S/C13H20N2O3S2/c1-10(9-18-2)8-15-20(16,17)12-5-3-11(4-6-12)7-13(14)19/h3-6,10,15H,7-9H2,1-2H3,(H2,14,19). The summed E-state index contributed by atoms with van der Waals surface area (Å²) in [5, 5.41) is 0. The number of sulfonamides is 1. The highest BCUT2D eigenvalue weighted by atomic mass is 32.2. The number of nitrogens with one attached hydrogen (secondary N) is 1. The van der Waals surface area contributed by atoms with Crippen molar-refractivity contribution in [3.63, 3.8) is 0 Å². The van der Waals surface area contributed by atoms with E-state index in [4.69, 9.17) is 22.7 Å². The van der Waals surface area contributed by atoms with E-state index in [-0.39, 0.29) is 10.8 Å². The lowest BCUT2D eigenvalue weighted by Crippen LogP contribution is -2.30. The lowest BCUT2D eigenvalue weighted by molar-refractivity contribution is 0.161. The summed E-state index contributed by atoms with van der Waals surface area (Å²) >= 11 is 4.81. The lowest BCUT2D eigenvalue weighted by atomic mass is 10.1. The second-order valence-corrected chi connectivity index (χ2v) is 6.99. The maximum Gasteiger partial charge on any atom is 0.240 e. The van der Waals surface area contributed by atoms with E-state index in [1.165, 1.54) is 0 Å². The van der Waals surface area contributed by atoms with Crippen molar-refractivity contribution >= 4 is 27.2 Å². The molecule has 1 unspecified atom stereocenters. The van der Waals surface area contributed by atoms with E-state index in [1.54, 1.807) is 31.4 Å². The van der Waals surface area contributed by atoms with E-state index in [0.29, 0.717) is 24.6 Å². The van der Waals surface area contributed by atoms with Crippen molar-refractivity contribution in [2.24, 2.45) is 11.7 Å². The van der Waals surface area contributed by atoms with Gasteiger partial charge in [-0.1, -0.05) is 31.3 Å². The summed E-state index contributed by atoms with van der Waals surface area (Å²) in [6.45, 7) is 2.76. The van der Waals surface area contributed by atoms with Crippen LogP contribution in [0, 0.1) is 5.92 Å². The molecule has 0 spiro atoms. The Morgan fingerprint density at radius 3 is 2.50 bits per heavy atom. The number of benzene rings is 1. The van der Waals surface area contributed by atoms with E-state index in [9.17, 15) is 8.42 Å². The van der Waals surface area contributed by atoms with E-state index in [0.717, 1.165) is 5.56 Å². The van der Waals surface area contributed by atoms with Gasteiger partial charge >= 0.3 is 0 Å². The summed E-state index contributed by atoms with van der Waals surface area (Å²) in [6.07, 6.45) is 0.466. The third-order valence-corrected chi connectivity index (χ3v) is 4.27. The highest BCUT2D eigenvalue weighted by Gasteiger charge is 2.15. The third-order valence-electron chi connectivity index (χ3n) is 2.69. The second kappa shape index (κ2) is 7.68. The lowest BCUT2D eigenvalue weighted by Gasteiger charge is -2.12. The smallest absolute Gasteiger partial charge is 0.240 e. The maximum atomic E-state index is 12.1. The van der Waals surface area contributed by atoms with Crippen LogP contribution in [0.4, 0.5) is 0 Å². The fraction of sp³-hybridized carbons (Fsp3) is 0.462. The number of ether oxygens (including phenoxy) is 1. The van der Waals surface area contributed by atoms with Crippen molar-refractivity contribution in [2.75, 3.05) is 20.3 Å². The van der Waals surface area contributed by atoms with Crippen LogP contribution in [0.25, 0.3) is 0 Å². The van der Waals surface area contributed by atoms with Gasteiger partial charge in [0.15, 0.2) is 0 Å². The molecule has 0 fully saturated rings. The minimum atomic E-state index is -3.49. The van der Waals surface area contributed by atoms with Crippen molar-refractivity contribution < 1.29 is 13.2 Å². The first-order chi connectivity index (χ1) is 9.35. The molecule has 0 heterocycles. The Morgan fingerprint density at radius 2 is 2.00 bits per heavy atom. The minimum absolute atomic E-state index is 0.115. The molecule has 7 heteroatoms. The molecule has 0 aliphatic rings. The molecule has 112 valence electrons. The van der Waals surface area contributed by atoms with Crippen LogP contribution in [0.3, 0.4) is 0 Å². The molecule has 1 aromatic rings. The van der Waals surface area contributed by atoms with Gasteiger partial charge in [0.2, 0.25) is 10.0 Å². The molecule has 0 aliphatic carbocycles. The second-order valence-electron chi connectivity index (χ2n) is 4.70. The van der Waals surface area contributed by atoms with Crippen molar-refractivity contribution in [3.8, 4) is 0 Å². The summed E-state index contributed by atoms with van der Waals surface area (Å²) in [5.41, 5.74) is 6.34. The molecule has 0 saturated carbocycles. The van der Waals surface area contributed by atoms with Crippen LogP contribution < -0.4 is 10.5 Å². The number of thiocarbonyl (C=S) groups is 1. The molecule has 1 rings (SSSR count). The van der Waals surface area contributed by atoms with Crippen molar-refractivity contribution in [1.29, 1.82) is 0 Å². The summed E-state index contributed by atoms with van der Waals surface area (Å²) in [4.78, 5) is 0.612. The zero-order valence-corrected chi connectivity index (χ0v) is 13.3. The summed E-state index contributed by atoms with van der Waals surface area (Å²) < 4.78 is 31.7. The molecule has 0 aliphatic heterocycles. The Labute approximate surface area is 125 Å². The van der Waals surface area contributed by atoms with E-state index < -0.39 is 10.0 Å². The van der Waals surface area contributed by atoms with E-state index in [1.807, 2.05) is 6.92 Å². The highest BCUT2D eigenvalue weighted by molar-refractivity contribution is 7.89. The van der Waals surface area contributed by atoms with Gasteiger partial charge in [0.25, 0.3) is 0 Å². The minimum Gasteiger partial charge on any atom is -0.393 e. The summed E-state index contributed by atoms with van der Waals surface area (Å²) in [6, 6.07) is 6.53. The van der Waals surface area contributed by atoms with Crippen LogP contribution in [0.15, 0.2) is 29.2 Å². The Kier molecular flexibility index (Phi) is 6.54. The van der Waals surface area contributed by atoms with Crippen molar-refractivity contribution in [2.45, 2.75) is 18.2 Å². The van der Waals surface area contributed by atoms with Gasteiger partial charge in [-0.25, -0.2) is 13.1 Å². The van der Waals surface area contributed by atoms with E-state index in [2.05, 4.69) is 4.72 Å². The van der Waals surface area contributed by atoms with Gasteiger partial charge in [-0.2, -0.15) is 0 Å². The largest absolute Gasteiger partial charge is 0.393 e. The quantitative estimate of drug-likeness (QED) is 0.701. The monoisotopic (exact) mass is 316 g/mol. The molecule has 20 heavy (non-hydrogen) atoms. The van der Waals surface area contributed by atoms with Crippen LogP contribution in [-0.4, -0.2) is 33.7 Å². The van der Waals surface area contributed by atoms with Gasteiger partial charge < -0.3 is 10.5 Å². The zero-order chi connectivity index (χ0) is 15.2. The first-order valence-corrected chi connectivity index (χ1v) is 8.10. The molecule has 1 atom stereocenters. The van der Waals surface area contributed by atoms with Gasteiger partial charge in [0, 0.05) is 26.7 Å². The number of methoxy groups -OCH3 is 1. The van der Waals surface area contributed by atoms with Crippen LogP contribution in [0.1, 0.15) is 12.5 Å². The zero-order valence-electron chi connectivity index (χ0n) is 11.6. The van der Waals surface area contributed by atoms with Crippen molar-refractivity contribution in [3.05, 3.63) is 29.8 Å². The Balaban J connectivity index is 2.70. The molecule has 0 saturated heterocycles. The molecule has 0 aromatic heterocycles. The highest BCUT2D eigenvalue weighted by Crippen LogP contribution is 2.11. The molecular weight excluding hydrogens is 296 g/mol. The number of hydrogen-bond donors (Lipinski definition) is 2. The van der Waals surface area contributed by atoms with Crippen molar-refractivity contribution in [1.82, 2.24) is 4.72 Å². The Morgan fingerprint density at radius 1 is 1.40 bits per heavy atom. The third kappa shape index (κ3) is 5.54. The molecule has 3 N–H and O–H groups in total. The molecule has 0 radical (unpaired) electrons. The predicted octanol–water partition coefficient (Wildman–Crippen LogP) is 1.08. The summed E-state index contributed by atoms with van der Waals surface area (Å²) in [5.74, 6) is 0.115. The van der Waals surface area contributed by atoms with E-state index >= 15 is 0 Å². The molecular formula is C13H20N2O3S2. The topological polar surface area (TPSA) is 81.4 Å². The van der Waals surface area contributed by atoms with Gasteiger partial charge in [-0.3, -0.25) is 0 Å². The van der Waals surface area contributed by atoms with Crippen LogP contribution >= 0.6 is 12.2 Å². The first kappa shape index (κ1) is 17.0.